The van der Waals surface area contributed by atoms with Crippen LogP contribution < -0.4 is 4.90 Å². The molecule has 0 amide bonds. The highest BCUT2D eigenvalue weighted by Gasteiger charge is 2.31. The molecule has 0 aromatic heterocycles. The van der Waals surface area contributed by atoms with E-state index in [0.717, 1.165) is 64.5 Å². The number of halogens is 3. The summed E-state index contributed by atoms with van der Waals surface area (Å²) in [5, 5.41) is 8.77. The Morgan fingerprint density at radius 2 is 1.71 bits per heavy atom. The van der Waals surface area contributed by atoms with Crippen molar-refractivity contribution in [3.63, 3.8) is 0 Å². The van der Waals surface area contributed by atoms with E-state index in [9.17, 15) is 18.0 Å². The molecule has 1 fully saturated rings. The molecule has 1 aromatic carbocycles. The molecular formula is C24H33F3N2O2. The molecule has 1 heterocycles. The van der Waals surface area contributed by atoms with E-state index in [1.807, 2.05) is 4.90 Å². The summed E-state index contributed by atoms with van der Waals surface area (Å²) >= 11 is 0. The number of aliphatic hydroxyl groups excluding tert-OH is 1. The van der Waals surface area contributed by atoms with Gasteiger partial charge in [0.15, 0.2) is 5.78 Å². The van der Waals surface area contributed by atoms with E-state index in [1.165, 1.54) is 18.6 Å². The third-order valence-electron chi connectivity index (χ3n) is 6.50. The second-order valence-corrected chi connectivity index (χ2v) is 8.74. The van der Waals surface area contributed by atoms with E-state index in [4.69, 9.17) is 5.11 Å². The molecule has 0 bridgehead atoms. The highest BCUT2D eigenvalue weighted by Crippen LogP contribution is 2.32. The summed E-state index contributed by atoms with van der Waals surface area (Å²) in [6.45, 7) is 3.90. The van der Waals surface area contributed by atoms with Crippen LogP contribution in [0.1, 0.15) is 44.1 Å². The Balaban J connectivity index is 1.36. The van der Waals surface area contributed by atoms with Gasteiger partial charge >= 0.3 is 6.18 Å². The summed E-state index contributed by atoms with van der Waals surface area (Å²) in [7, 11) is 0. The third kappa shape index (κ3) is 7.35. The van der Waals surface area contributed by atoms with Crippen molar-refractivity contribution < 1.29 is 23.1 Å². The maximum Gasteiger partial charge on any atom is 0.416 e. The number of hydrogen-bond acceptors (Lipinski definition) is 4. The third-order valence-corrected chi connectivity index (χ3v) is 6.50. The van der Waals surface area contributed by atoms with Gasteiger partial charge in [-0.1, -0.05) is 18.2 Å². The van der Waals surface area contributed by atoms with Crippen LogP contribution in [-0.2, 0) is 11.0 Å². The first-order valence-corrected chi connectivity index (χ1v) is 11.3. The second kappa shape index (κ2) is 11.1. The Bertz CT molecular complexity index is 743. The van der Waals surface area contributed by atoms with Gasteiger partial charge in [0.2, 0.25) is 0 Å². The Morgan fingerprint density at radius 1 is 1.03 bits per heavy atom. The molecule has 2 aliphatic rings. The molecule has 0 spiro atoms. The number of Topliss-reactive ketones (excluding diaryl/α,β-unsaturated/α-hetero) is 1. The van der Waals surface area contributed by atoms with E-state index in [1.54, 1.807) is 6.07 Å². The molecule has 2 atom stereocenters. The van der Waals surface area contributed by atoms with Crippen LogP contribution >= 0.6 is 0 Å². The van der Waals surface area contributed by atoms with E-state index < -0.39 is 11.7 Å². The molecule has 1 aliphatic heterocycles. The molecule has 1 aromatic rings. The van der Waals surface area contributed by atoms with Crippen LogP contribution in [0, 0.1) is 11.8 Å². The minimum Gasteiger partial charge on any atom is -0.389 e. The lowest BCUT2D eigenvalue weighted by Gasteiger charge is -2.37. The van der Waals surface area contributed by atoms with Gasteiger partial charge in [-0.05, 0) is 68.7 Å². The number of piperazine rings is 1. The molecule has 1 saturated heterocycles. The molecule has 0 saturated carbocycles. The zero-order valence-corrected chi connectivity index (χ0v) is 18.0. The molecule has 7 heteroatoms. The minimum atomic E-state index is -4.30. The Kier molecular flexibility index (Phi) is 8.55. The smallest absolute Gasteiger partial charge is 0.389 e. The number of nitrogens with zero attached hydrogens (tertiary/aromatic N) is 2. The van der Waals surface area contributed by atoms with Gasteiger partial charge in [-0.2, -0.15) is 13.2 Å². The normalized spacial score (nSPS) is 22.6. The predicted molar refractivity (Wildman–Crippen MR) is 116 cm³/mol. The molecule has 0 radical (unpaired) electrons. The lowest BCUT2D eigenvalue weighted by molar-refractivity contribution is -0.137. The first kappa shape index (κ1) is 23.8. The lowest BCUT2D eigenvalue weighted by Crippen LogP contribution is -2.47. The SMILES string of the molecule is O=C(CO)CCCC1C=C[C@@H](CCN2CCN(c3cccc(C(F)(F)F)c3)CC2)CC1. The number of anilines is 1. The summed E-state index contributed by atoms with van der Waals surface area (Å²) in [6, 6.07) is 5.61. The van der Waals surface area contributed by atoms with Gasteiger partial charge in [-0.25, -0.2) is 0 Å². The van der Waals surface area contributed by atoms with Crippen molar-refractivity contribution in [3.05, 3.63) is 42.0 Å². The summed E-state index contributed by atoms with van der Waals surface area (Å²) in [5.74, 6) is 1.04. The number of rotatable bonds is 9. The molecule has 172 valence electrons. The summed E-state index contributed by atoms with van der Waals surface area (Å²) < 4.78 is 38.9. The number of carbonyl (C=O) groups excluding carboxylic acids is 1. The topological polar surface area (TPSA) is 43.8 Å². The summed E-state index contributed by atoms with van der Waals surface area (Å²) in [6.07, 6.45) is 6.05. The van der Waals surface area contributed by atoms with E-state index in [2.05, 4.69) is 17.1 Å². The maximum atomic E-state index is 13.0. The number of hydrogen-bond donors (Lipinski definition) is 1. The van der Waals surface area contributed by atoms with Crippen molar-refractivity contribution in [1.29, 1.82) is 0 Å². The van der Waals surface area contributed by atoms with Crippen LogP contribution in [0.15, 0.2) is 36.4 Å². The molecular weight excluding hydrogens is 405 g/mol. The Hall–Kier alpha value is -1.86. The van der Waals surface area contributed by atoms with Crippen LogP contribution in [0.5, 0.6) is 0 Å². The number of ketones is 1. The number of benzene rings is 1. The Morgan fingerprint density at radius 3 is 2.32 bits per heavy atom. The van der Waals surface area contributed by atoms with Crippen molar-refractivity contribution in [2.75, 3.05) is 44.2 Å². The van der Waals surface area contributed by atoms with Gasteiger partial charge in [0.05, 0.1) is 5.56 Å². The highest BCUT2D eigenvalue weighted by molar-refractivity contribution is 5.79. The van der Waals surface area contributed by atoms with Crippen molar-refractivity contribution in [1.82, 2.24) is 4.90 Å². The number of allylic oxidation sites excluding steroid dienone is 2. The molecule has 1 aliphatic carbocycles. The monoisotopic (exact) mass is 438 g/mol. The zero-order chi connectivity index (χ0) is 22.3. The first-order valence-electron chi connectivity index (χ1n) is 11.3. The summed E-state index contributed by atoms with van der Waals surface area (Å²) in [5.41, 5.74) is 0.0613. The fraction of sp³-hybridized carbons (Fsp3) is 0.625. The Labute approximate surface area is 182 Å². The van der Waals surface area contributed by atoms with Crippen LogP contribution in [0.25, 0.3) is 0 Å². The van der Waals surface area contributed by atoms with Crippen LogP contribution in [0.3, 0.4) is 0 Å². The molecule has 31 heavy (non-hydrogen) atoms. The van der Waals surface area contributed by atoms with E-state index >= 15 is 0 Å². The summed E-state index contributed by atoms with van der Waals surface area (Å²) in [4.78, 5) is 15.6. The van der Waals surface area contributed by atoms with Crippen molar-refractivity contribution in [3.8, 4) is 0 Å². The average Bonchev–Trinajstić information content (AvgIpc) is 2.78. The fourth-order valence-electron chi connectivity index (χ4n) is 4.51. The lowest BCUT2D eigenvalue weighted by atomic mass is 9.84. The molecule has 3 rings (SSSR count). The molecule has 1 unspecified atom stereocenters. The van der Waals surface area contributed by atoms with E-state index in [0.29, 0.717) is 23.9 Å². The van der Waals surface area contributed by atoms with Gasteiger partial charge in [0.1, 0.15) is 6.61 Å². The number of carbonyl (C=O) groups is 1. The van der Waals surface area contributed by atoms with Crippen molar-refractivity contribution in [2.24, 2.45) is 11.8 Å². The van der Waals surface area contributed by atoms with Gasteiger partial charge in [-0.15, -0.1) is 0 Å². The fourth-order valence-corrected chi connectivity index (χ4v) is 4.51. The van der Waals surface area contributed by atoms with Crippen LogP contribution in [-0.4, -0.2) is 55.1 Å². The standard InChI is InChI=1S/C24H33F3N2O2/c25-24(26,27)21-4-2-5-22(17-21)29-15-13-28(14-16-29)12-11-20-9-7-19(8-10-20)3-1-6-23(31)18-30/h2,4-5,7,9,17,19-20,30H,1,3,6,8,10-16,18H2/t19?,20-/m1/s1. The van der Waals surface area contributed by atoms with Gasteiger partial charge in [0.25, 0.3) is 0 Å². The molecule has 4 nitrogen and oxygen atoms in total. The maximum absolute atomic E-state index is 13.0. The van der Waals surface area contributed by atoms with Crippen molar-refractivity contribution >= 4 is 11.5 Å². The van der Waals surface area contributed by atoms with Gasteiger partial charge in [0, 0.05) is 38.3 Å². The second-order valence-electron chi connectivity index (χ2n) is 8.74. The largest absolute Gasteiger partial charge is 0.416 e. The predicted octanol–water partition coefficient (Wildman–Crippen LogP) is 4.53. The minimum absolute atomic E-state index is 0.0779. The van der Waals surface area contributed by atoms with Gasteiger partial charge < -0.3 is 10.0 Å². The van der Waals surface area contributed by atoms with Crippen LogP contribution in [0.2, 0.25) is 0 Å². The quantitative estimate of drug-likeness (QED) is 0.576. The van der Waals surface area contributed by atoms with E-state index in [-0.39, 0.29) is 12.4 Å². The van der Waals surface area contributed by atoms with Gasteiger partial charge in [-0.3, -0.25) is 9.69 Å². The highest BCUT2D eigenvalue weighted by atomic mass is 19.4. The van der Waals surface area contributed by atoms with Crippen LogP contribution in [0.4, 0.5) is 18.9 Å². The number of aliphatic hydroxyl groups is 1. The molecule has 1 N–H and O–H groups in total. The average molecular weight is 439 g/mol. The number of alkyl halides is 3. The zero-order valence-electron chi connectivity index (χ0n) is 18.0. The van der Waals surface area contributed by atoms with Crippen molar-refractivity contribution in [2.45, 2.75) is 44.7 Å². The first-order chi connectivity index (χ1) is 14.8.